The molecule has 1 aliphatic heterocycles. The van der Waals surface area contributed by atoms with Gasteiger partial charge >= 0.3 is 0 Å². The lowest BCUT2D eigenvalue weighted by Gasteiger charge is -2.26. The van der Waals surface area contributed by atoms with Crippen molar-refractivity contribution in [3.05, 3.63) is 258 Å². The first-order valence-electron chi connectivity index (χ1n) is 37.3. The van der Waals surface area contributed by atoms with Crippen LogP contribution in [-0.2, 0) is 21.7 Å². The number of aryl methyl sites for hydroxylation is 2. The van der Waals surface area contributed by atoms with Crippen molar-refractivity contribution in [2.45, 2.75) is 118 Å². The third kappa shape index (κ3) is 10.1. The second-order valence-corrected chi connectivity index (χ2v) is 27.7. The van der Waals surface area contributed by atoms with Crippen LogP contribution >= 0.6 is 0 Å². The van der Waals surface area contributed by atoms with Crippen LogP contribution in [0, 0.1) is 20.0 Å². The Labute approximate surface area is 545 Å². The van der Waals surface area contributed by atoms with Crippen molar-refractivity contribution in [1.82, 2.24) is 14.1 Å². The number of ether oxygens (including phenoxy) is 1. The van der Waals surface area contributed by atoms with Gasteiger partial charge in [-0.05, 0) is 202 Å². The molecule has 0 bridgehead atoms. The van der Waals surface area contributed by atoms with E-state index in [4.69, 9.17) is 17.9 Å². The first-order valence-corrected chi connectivity index (χ1v) is 30.3. The molecule has 13 aromatic rings. The van der Waals surface area contributed by atoms with Crippen LogP contribution in [0.25, 0.3) is 117 Å². The first kappa shape index (κ1) is 43.1. The molecule has 10 aromatic carbocycles. The summed E-state index contributed by atoms with van der Waals surface area (Å²) in [4.78, 5) is 4.92. The standard InChI is InChI=1S/C84H78N4O/c1-52-23-21-24-53(2)78(52)57-44-71(54-33-35-58(36-34-54)81(3,4)5)79-72(45-57)67-29-17-15-27-65(67)66-28-16-18-30-68(66)73-43-56(55-41-60(83(9,10)11)47-61(42-55)84(12,13)14)46-76-80(73)87(79)51-86(76)62-25-22-26-63(49-62)89-64-37-38-70-69-31-19-20-32-74(69)88(75(70)50-64)77-48-59(39-40-85-77)82(6,7)8/h15-50H,1-14H3/i1D3,2D3,15D,16D,17D,18D,27D,28D,29D,30D. The fourth-order valence-electron chi connectivity index (χ4n) is 12.5. The van der Waals surface area contributed by atoms with E-state index in [0.29, 0.717) is 44.9 Å². The fourth-order valence-corrected chi connectivity index (χ4v) is 12.5. The summed E-state index contributed by atoms with van der Waals surface area (Å²) in [5, 5.41) is 2.04. The highest BCUT2D eigenvalue weighted by Crippen LogP contribution is 2.49. The molecule has 0 saturated heterocycles. The molecular formula is C84H78N4O. The predicted octanol–water partition coefficient (Wildman–Crippen LogP) is 22.1. The van der Waals surface area contributed by atoms with Gasteiger partial charge in [0.05, 0.1) is 44.4 Å². The molecule has 4 heterocycles. The molecule has 5 heteroatoms. The van der Waals surface area contributed by atoms with Gasteiger partial charge < -0.3 is 4.74 Å². The van der Waals surface area contributed by atoms with Crippen LogP contribution in [0.2, 0.25) is 0 Å². The minimum Gasteiger partial charge on any atom is -0.458 e. The summed E-state index contributed by atoms with van der Waals surface area (Å²) >= 11 is 0. The van der Waals surface area contributed by atoms with Gasteiger partial charge in [0.25, 0.3) is 6.33 Å². The van der Waals surface area contributed by atoms with Crippen LogP contribution in [0.5, 0.6) is 11.5 Å². The quantitative estimate of drug-likeness (QED) is 0.118. The van der Waals surface area contributed by atoms with Gasteiger partial charge in [-0.3, -0.25) is 13.7 Å². The van der Waals surface area contributed by atoms with E-state index < -0.39 is 62.0 Å². The molecule has 14 rings (SSSR count). The van der Waals surface area contributed by atoms with Crippen molar-refractivity contribution in [2.24, 2.45) is 0 Å². The summed E-state index contributed by atoms with van der Waals surface area (Å²) in [6.07, 6.45) is 5.63. The van der Waals surface area contributed by atoms with Crippen LogP contribution < -0.4 is 9.30 Å². The second-order valence-electron chi connectivity index (χ2n) is 27.7. The van der Waals surface area contributed by atoms with E-state index in [1.807, 2.05) is 102 Å². The average molecular weight is 1170 g/mol. The number of rotatable bonds is 7. The van der Waals surface area contributed by atoms with Crippen molar-refractivity contribution < 1.29 is 28.5 Å². The van der Waals surface area contributed by atoms with Crippen molar-refractivity contribution in [3.63, 3.8) is 0 Å². The number of para-hydroxylation sites is 1. The highest BCUT2D eigenvalue weighted by atomic mass is 16.5. The summed E-state index contributed by atoms with van der Waals surface area (Å²) in [5.74, 6) is 1.72. The molecular weight excluding hydrogens is 1080 g/mol. The van der Waals surface area contributed by atoms with Gasteiger partial charge in [0.1, 0.15) is 17.3 Å². The zero-order chi connectivity index (χ0) is 74.0. The SMILES string of the molecule is [2H]c1c([2H])c([2H])c2c(c1[2H])-c1cc(-c3c(C([2H])([2H])[2H])cccc3C([2H])([2H])[2H])cc(-c3ccc(C(C)(C)C)cc3)c1-[n+]1[c-]n(-c3cccc(Oc4ccc5c6ccccc6n(-c6cc(C(C)(C)C)ccn6)c5c4)c3)c3cc(-c4cc(C(C)(C)C)cc(C(C)(C)C)c4)cc(c31)-c1c([2H])c([2H])c([2H])c([2H])c1-2. The summed E-state index contributed by atoms with van der Waals surface area (Å²) in [6, 6.07) is 46.6. The molecule has 1 aliphatic rings. The monoisotopic (exact) mass is 1170 g/mol. The zero-order valence-electron chi connectivity index (χ0n) is 66.4. The fraction of sp³-hybridized carbons (Fsp3) is 0.214. The Hall–Kier alpha value is -9.58. The minimum atomic E-state index is -2.89. The van der Waals surface area contributed by atoms with Crippen LogP contribution in [0.4, 0.5) is 0 Å². The van der Waals surface area contributed by atoms with Crippen molar-refractivity contribution >= 4 is 32.8 Å². The molecule has 0 atom stereocenters. The maximum atomic E-state index is 10.3. The van der Waals surface area contributed by atoms with Crippen LogP contribution in [-0.4, -0.2) is 14.1 Å². The Morgan fingerprint density at radius 1 is 0.438 bits per heavy atom. The average Bonchev–Trinajstić information content (AvgIpc) is 1.60. The van der Waals surface area contributed by atoms with Gasteiger partial charge in [-0.25, -0.2) is 4.98 Å². The molecule has 0 spiro atoms. The molecule has 0 unspecified atom stereocenters. The highest BCUT2D eigenvalue weighted by molar-refractivity contribution is 6.10. The first-order chi connectivity index (χ1) is 48.2. The molecule has 440 valence electrons. The topological polar surface area (TPSA) is 35.9 Å². The highest BCUT2D eigenvalue weighted by Gasteiger charge is 2.30. The lowest BCUT2D eigenvalue weighted by molar-refractivity contribution is -0.570. The second kappa shape index (κ2) is 21.1. The Kier molecular flexibility index (Phi) is 10.2. The number of pyridine rings is 1. The largest absolute Gasteiger partial charge is 0.458 e. The minimum absolute atomic E-state index is 0.0414. The van der Waals surface area contributed by atoms with Gasteiger partial charge in [0.2, 0.25) is 0 Å². The van der Waals surface area contributed by atoms with Gasteiger partial charge in [0.15, 0.2) is 0 Å². The Bertz CT molecular complexity index is 5650. The van der Waals surface area contributed by atoms with E-state index >= 15 is 0 Å². The summed E-state index contributed by atoms with van der Waals surface area (Å²) in [6.45, 7) is 19.9. The number of imidazole rings is 1. The van der Waals surface area contributed by atoms with E-state index in [-0.39, 0.29) is 83.0 Å². The maximum absolute atomic E-state index is 10.3. The lowest BCUT2D eigenvalue weighted by atomic mass is 9.78. The van der Waals surface area contributed by atoms with Crippen molar-refractivity contribution in [1.29, 1.82) is 0 Å². The third-order valence-corrected chi connectivity index (χ3v) is 17.5. The van der Waals surface area contributed by atoms with Crippen molar-refractivity contribution in [2.75, 3.05) is 0 Å². The molecule has 0 fully saturated rings. The maximum Gasteiger partial charge on any atom is 0.269 e. The molecule has 0 radical (unpaired) electrons. The Morgan fingerprint density at radius 2 is 1.01 bits per heavy atom. The van der Waals surface area contributed by atoms with Crippen molar-refractivity contribution in [3.8, 4) is 95.5 Å². The van der Waals surface area contributed by atoms with E-state index in [1.54, 1.807) is 16.7 Å². The van der Waals surface area contributed by atoms with E-state index in [2.05, 4.69) is 136 Å². The molecule has 3 aromatic heterocycles. The number of aromatic nitrogens is 4. The summed E-state index contributed by atoms with van der Waals surface area (Å²) in [5.41, 5.74) is 7.58. The summed E-state index contributed by atoms with van der Waals surface area (Å²) in [7, 11) is 0. The molecule has 0 amide bonds. The lowest BCUT2D eigenvalue weighted by Crippen LogP contribution is -2.32. The van der Waals surface area contributed by atoms with Gasteiger partial charge in [-0.2, -0.15) is 0 Å². The Morgan fingerprint density at radius 3 is 1.66 bits per heavy atom. The third-order valence-electron chi connectivity index (χ3n) is 17.5. The van der Waals surface area contributed by atoms with Crippen LogP contribution in [0.3, 0.4) is 0 Å². The van der Waals surface area contributed by atoms with E-state index in [9.17, 15) is 11.0 Å². The number of hydrogen-bond acceptors (Lipinski definition) is 2. The molecule has 89 heavy (non-hydrogen) atoms. The van der Waals surface area contributed by atoms with Gasteiger partial charge in [0, 0.05) is 31.3 Å². The van der Waals surface area contributed by atoms with Gasteiger partial charge in [-0.15, -0.1) is 0 Å². The van der Waals surface area contributed by atoms with Gasteiger partial charge in [-0.1, -0.05) is 222 Å². The summed E-state index contributed by atoms with van der Waals surface area (Å²) < 4.78 is 146. The number of fused-ring (bicyclic) bond motifs is 10. The molecule has 0 aliphatic carbocycles. The number of hydrogen-bond donors (Lipinski definition) is 0. The predicted molar refractivity (Wildman–Crippen MR) is 373 cm³/mol. The molecule has 0 saturated carbocycles. The van der Waals surface area contributed by atoms with Crippen LogP contribution in [0.15, 0.2) is 218 Å². The molecule has 0 N–H and O–H groups in total. The molecule has 5 nitrogen and oxygen atoms in total. The van der Waals surface area contributed by atoms with Crippen LogP contribution in [0.1, 0.15) is 136 Å². The number of benzene rings is 10. The Balaban J connectivity index is 1.15. The smallest absolute Gasteiger partial charge is 0.269 e. The normalized spacial score (nSPS) is 15.1. The van der Waals surface area contributed by atoms with E-state index in [1.165, 1.54) is 18.2 Å². The zero-order valence-corrected chi connectivity index (χ0v) is 52.4. The number of nitrogens with zero attached hydrogens (tertiary/aromatic N) is 4. The van der Waals surface area contributed by atoms with E-state index in [0.717, 1.165) is 55.4 Å².